The molecule has 0 spiro atoms. The third kappa shape index (κ3) is 5.25. The van der Waals surface area contributed by atoms with E-state index in [9.17, 15) is 0 Å². The maximum Gasteiger partial charge on any atom is 0.194 e. The highest BCUT2D eigenvalue weighted by Gasteiger charge is 2.18. The van der Waals surface area contributed by atoms with Gasteiger partial charge in [-0.05, 0) is 43.7 Å². The molecule has 0 radical (unpaired) electrons. The Morgan fingerprint density at radius 3 is 2.56 bits per heavy atom. The first-order valence-corrected chi connectivity index (χ1v) is 10.8. The lowest BCUT2D eigenvalue weighted by molar-refractivity contribution is 0.456. The van der Waals surface area contributed by atoms with Crippen molar-refractivity contribution in [2.24, 2.45) is 12.0 Å². The van der Waals surface area contributed by atoms with Crippen molar-refractivity contribution in [3.8, 4) is 0 Å². The molecule has 1 saturated carbocycles. The minimum absolute atomic E-state index is 0.520. The van der Waals surface area contributed by atoms with Crippen molar-refractivity contribution in [2.75, 3.05) is 13.3 Å². The molecule has 1 aromatic carbocycles. The van der Waals surface area contributed by atoms with Crippen LogP contribution in [0.25, 0.3) is 0 Å². The van der Waals surface area contributed by atoms with Gasteiger partial charge in [0.25, 0.3) is 0 Å². The summed E-state index contributed by atoms with van der Waals surface area (Å²) in [5.41, 5.74) is 1.28. The Morgan fingerprint density at radius 1 is 1.26 bits per heavy atom. The summed E-state index contributed by atoms with van der Waals surface area (Å²) in [4.78, 5) is 8.36. The highest BCUT2D eigenvalue weighted by molar-refractivity contribution is 7.98. The predicted molar refractivity (Wildman–Crippen MR) is 112 cm³/mol. The van der Waals surface area contributed by atoms with Crippen LogP contribution in [0, 0.1) is 6.92 Å². The Labute approximate surface area is 166 Å². The number of aliphatic imine (C=N–C) groups is 1. The molecule has 1 aromatic heterocycles. The van der Waals surface area contributed by atoms with E-state index in [2.05, 4.69) is 58.0 Å². The molecular formula is C20H30N6S. The number of thioether (sulfide) groups is 1. The zero-order valence-corrected chi connectivity index (χ0v) is 17.6. The summed E-state index contributed by atoms with van der Waals surface area (Å²) < 4.78 is 2.00. The van der Waals surface area contributed by atoms with Gasteiger partial charge in [-0.2, -0.15) is 0 Å². The van der Waals surface area contributed by atoms with E-state index in [1.165, 1.54) is 36.1 Å². The molecule has 0 aliphatic heterocycles. The number of aryl methyl sites for hydroxylation is 1. The van der Waals surface area contributed by atoms with Crippen molar-refractivity contribution in [1.82, 2.24) is 25.0 Å². The molecule has 27 heavy (non-hydrogen) atoms. The molecule has 2 aromatic rings. The fourth-order valence-electron chi connectivity index (χ4n) is 3.34. The van der Waals surface area contributed by atoms with Crippen LogP contribution in [0.3, 0.4) is 0 Å². The van der Waals surface area contributed by atoms with E-state index in [1.807, 2.05) is 18.5 Å². The van der Waals surface area contributed by atoms with Gasteiger partial charge in [0.2, 0.25) is 0 Å². The third-order valence-corrected chi connectivity index (χ3v) is 5.93. The molecule has 0 bridgehead atoms. The number of rotatable bonds is 6. The van der Waals surface area contributed by atoms with Gasteiger partial charge in [0.1, 0.15) is 12.4 Å². The van der Waals surface area contributed by atoms with E-state index >= 15 is 0 Å². The van der Waals surface area contributed by atoms with Crippen LogP contribution in [0.1, 0.15) is 42.9 Å². The van der Waals surface area contributed by atoms with E-state index in [1.54, 1.807) is 11.8 Å². The lowest BCUT2D eigenvalue weighted by Crippen LogP contribution is -2.43. The van der Waals surface area contributed by atoms with E-state index in [0.717, 1.165) is 24.2 Å². The molecule has 1 fully saturated rings. The monoisotopic (exact) mass is 386 g/mol. The normalized spacial score (nSPS) is 15.3. The van der Waals surface area contributed by atoms with Gasteiger partial charge in [0.05, 0.1) is 0 Å². The summed E-state index contributed by atoms with van der Waals surface area (Å²) in [7, 11) is 4.09. The van der Waals surface area contributed by atoms with E-state index in [-0.39, 0.29) is 0 Å². The SMILES string of the molecule is CSc1ccc(CN(C)C(=NCc2nnc(C)n2C)NC2CCCC2)cc1. The van der Waals surface area contributed by atoms with Gasteiger partial charge in [-0.3, -0.25) is 0 Å². The van der Waals surface area contributed by atoms with Gasteiger partial charge in [-0.15, -0.1) is 22.0 Å². The first-order chi connectivity index (χ1) is 13.1. The van der Waals surface area contributed by atoms with E-state index < -0.39 is 0 Å². The predicted octanol–water partition coefficient (Wildman–Crippen LogP) is 3.37. The minimum atomic E-state index is 0.520. The molecule has 0 saturated heterocycles. The molecule has 7 heteroatoms. The van der Waals surface area contributed by atoms with Crippen LogP contribution in [-0.4, -0.2) is 45.0 Å². The topological polar surface area (TPSA) is 58.3 Å². The number of nitrogens with zero attached hydrogens (tertiary/aromatic N) is 5. The van der Waals surface area contributed by atoms with Gasteiger partial charge in [0.15, 0.2) is 11.8 Å². The van der Waals surface area contributed by atoms with Crippen molar-refractivity contribution in [3.05, 3.63) is 41.5 Å². The molecule has 6 nitrogen and oxygen atoms in total. The second-order valence-corrected chi connectivity index (χ2v) is 8.07. The summed E-state index contributed by atoms with van der Waals surface area (Å²) in [5.74, 6) is 2.74. The Hall–Kier alpha value is -2.02. The molecule has 1 aliphatic rings. The molecule has 1 heterocycles. The van der Waals surface area contributed by atoms with Gasteiger partial charge in [-0.1, -0.05) is 25.0 Å². The summed E-state index contributed by atoms with van der Waals surface area (Å²) >= 11 is 1.77. The number of hydrogen-bond donors (Lipinski definition) is 1. The second-order valence-electron chi connectivity index (χ2n) is 7.19. The number of guanidine groups is 1. The molecular weight excluding hydrogens is 356 g/mol. The van der Waals surface area contributed by atoms with Crippen LogP contribution in [0.15, 0.2) is 34.2 Å². The maximum atomic E-state index is 4.87. The highest BCUT2D eigenvalue weighted by atomic mass is 32.2. The Bertz CT molecular complexity index is 761. The van der Waals surface area contributed by atoms with E-state index in [4.69, 9.17) is 4.99 Å². The number of nitrogens with one attached hydrogen (secondary N) is 1. The summed E-state index contributed by atoms with van der Waals surface area (Å²) in [5, 5.41) is 12.0. The molecule has 3 rings (SSSR count). The van der Waals surface area contributed by atoms with Crippen molar-refractivity contribution < 1.29 is 0 Å². The average Bonchev–Trinajstić information content (AvgIpc) is 3.30. The largest absolute Gasteiger partial charge is 0.353 e. The fourth-order valence-corrected chi connectivity index (χ4v) is 3.75. The van der Waals surface area contributed by atoms with Crippen LogP contribution in [0.4, 0.5) is 0 Å². The van der Waals surface area contributed by atoms with Gasteiger partial charge < -0.3 is 14.8 Å². The number of aromatic nitrogens is 3. The van der Waals surface area contributed by atoms with E-state index in [0.29, 0.717) is 12.6 Å². The quantitative estimate of drug-likeness (QED) is 0.469. The highest BCUT2D eigenvalue weighted by Crippen LogP contribution is 2.19. The van der Waals surface area contributed by atoms with Gasteiger partial charge in [-0.25, -0.2) is 4.99 Å². The minimum Gasteiger partial charge on any atom is -0.353 e. The maximum absolute atomic E-state index is 4.87. The van der Waals surface area contributed by atoms with Crippen LogP contribution >= 0.6 is 11.8 Å². The van der Waals surface area contributed by atoms with Crippen LogP contribution in [0.5, 0.6) is 0 Å². The molecule has 1 N–H and O–H groups in total. The van der Waals surface area contributed by atoms with Crippen molar-refractivity contribution in [3.63, 3.8) is 0 Å². The van der Waals surface area contributed by atoms with Crippen molar-refractivity contribution in [1.29, 1.82) is 0 Å². The molecule has 0 unspecified atom stereocenters. The zero-order chi connectivity index (χ0) is 19.2. The number of benzene rings is 1. The van der Waals surface area contributed by atoms with Gasteiger partial charge >= 0.3 is 0 Å². The van der Waals surface area contributed by atoms with Crippen molar-refractivity contribution in [2.45, 2.75) is 56.6 Å². The van der Waals surface area contributed by atoms with Crippen LogP contribution < -0.4 is 5.32 Å². The lowest BCUT2D eigenvalue weighted by atomic mass is 10.2. The Balaban J connectivity index is 1.72. The standard InChI is InChI=1S/C20H30N6S/c1-15-23-24-19(26(15)3)13-21-20(22-17-7-5-6-8-17)25(2)14-16-9-11-18(27-4)12-10-16/h9-12,17H,5-8,13-14H2,1-4H3,(H,21,22). The zero-order valence-electron chi connectivity index (χ0n) is 16.8. The first-order valence-electron chi connectivity index (χ1n) is 9.56. The Kier molecular flexibility index (Phi) is 6.77. The fraction of sp³-hybridized carbons (Fsp3) is 0.550. The summed E-state index contributed by atoms with van der Waals surface area (Å²) in [6, 6.07) is 9.27. The second kappa shape index (κ2) is 9.26. The number of hydrogen-bond acceptors (Lipinski definition) is 4. The molecule has 0 amide bonds. The summed E-state index contributed by atoms with van der Waals surface area (Å²) in [6.07, 6.45) is 7.14. The van der Waals surface area contributed by atoms with Crippen molar-refractivity contribution >= 4 is 17.7 Å². The average molecular weight is 387 g/mol. The van der Waals surface area contributed by atoms with Crippen LogP contribution in [-0.2, 0) is 20.1 Å². The van der Waals surface area contributed by atoms with Gasteiger partial charge in [0, 0.05) is 31.6 Å². The van der Waals surface area contributed by atoms with Crippen LogP contribution in [0.2, 0.25) is 0 Å². The molecule has 0 atom stereocenters. The Morgan fingerprint density at radius 2 is 1.96 bits per heavy atom. The molecule has 146 valence electrons. The molecule has 1 aliphatic carbocycles. The third-order valence-electron chi connectivity index (χ3n) is 5.18. The first kappa shape index (κ1) is 19.7. The lowest BCUT2D eigenvalue weighted by Gasteiger charge is -2.25. The summed E-state index contributed by atoms with van der Waals surface area (Å²) in [6.45, 7) is 3.31. The smallest absolute Gasteiger partial charge is 0.194 e.